The molecule has 49 heavy (non-hydrogen) atoms. The molecule has 1 aliphatic heterocycles. The average Bonchev–Trinajstić information content (AvgIpc) is 3.77. The van der Waals surface area contributed by atoms with E-state index in [0.717, 1.165) is 58.2 Å². The van der Waals surface area contributed by atoms with E-state index in [2.05, 4.69) is 83.5 Å². The molecule has 7 rings (SSSR count). The summed E-state index contributed by atoms with van der Waals surface area (Å²) in [6, 6.07) is 47.6. The molecule has 0 radical (unpaired) electrons. The molecule has 1 aliphatic rings. The first-order valence-electron chi connectivity index (χ1n) is 16.9. The van der Waals surface area contributed by atoms with Gasteiger partial charge in [-0.25, -0.2) is 0 Å². The maximum Gasteiger partial charge on any atom is 0.205 e. The van der Waals surface area contributed by atoms with Crippen molar-refractivity contribution in [2.24, 2.45) is 4.99 Å². The number of hydrogen-bond acceptors (Lipinski definition) is 6. The van der Waals surface area contributed by atoms with Gasteiger partial charge < -0.3 is 5.11 Å². The second-order valence-electron chi connectivity index (χ2n) is 12.4. The molecule has 0 aliphatic carbocycles. The summed E-state index contributed by atoms with van der Waals surface area (Å²) in [6.07, 6.45) is 3.05. The number of aliphatic hydroxyl groups excluding tert-OH is 1. The van der Waals surface area contributed by atoms with Crippen molar-refractivity contribution < 1.29 is 5.11 Å². The zero-order valence-corrected chi connectivity index (χ0v) is 28.2. The molecule has 246 valence electrons. The number of hydrogen-bond donors (Lipinski definition) is 1. The van der Waals surface area contributed by atoms with E-state index in [4.69, 9.17) is 27.0 Å². The van der Waals surface area contributed by atoms with Gasteiger partial charge in [-0.15, -0.1) is 15.0 Å². The van der Waals surface area contributed by atoms with E-state index in [-0.39, 0.29) is 18.8 Å². The predicted octanol–water partition coefficient (Wildman–Crippen LogP) is 8.18. The number of unbranched alkanes of at least 4 members (excludes halogenated alkanes) is 1. The van der Waals surface area contributed by atoms with Crippen LogP contribution in [0, 0.1) is 0 Å². The summed E-state index contributed by atoms with van der Waals surface area (Å²) < 4.78 is 0. The Balaban J connectivity index is 1.25. The van der Waals surface area contributed by atoms with Gasteiger partial charge in [-0.1, -0.05) is 171 Å². The summed E-state index contributed by atoms with van der Waals surface area (Å²) in [4.78, 5) is 8.64. The third-order valence-electron chi connectivity index (χ3n) is 9.41. The Morgan fingerprint density at radius 1 is 0.714 bits per heavy atom. The lowest BCUT2D eigenvalue weighted by molar-refractivity contribution is 0.127. The molecule has 2 unspecified atom stereocenters. The summed E-state index contributed by atoms with van der Waals surface area (Å²) in [7, 11) is 0. The number of aromatic nitrogens is 4. The molecule has 5 aromatic carbocycles. The smallest absolute Gasteiger partial charge is 0.205 e. The molecule has 7 nitrogen and oxygen atoms in total. The summed E-state index contributed by atoms with van der Waals surface area (Å²) in [5.41, 5.74) is 6.33. The van der Waals surface area contributed by atoms with Crippen molar-refractivity contribution >= 4 is 16.8 Å². The van der Waals surface area contributed by atoms with Gasteiger partial charge in [0.2, 0.25) is 5.82 Å². The highest BCUT2D eigenvalue weighted by Gasteiger charge is 2.41. The second-order valence-corrected chi connectivity index (χ2v) is 12.8. The second kappa shape index (κ2) is 14.7. The minimum absolute atomic E-state index is 0.0199. The van der Waals surface area contributed by atoms with Crippen LogP contribution in [0.3, 0.4) is 0 Å². The van der Waals surface area contributed by atoms with Crippen molar-refractivity contribution in [3.05, 3.63) is 162 Å². The van der Waals surface area contributed by atoms with Gasteiger partial charge in [0.1, 0.15) is 11.3 Å². The Morgan fingerprint density at radius 3 is 1.82 bits per heavy atom. The van der Waals surface area contributed by atoms with E-state index in [1.807, 2.05) is 72.8 Å². The monoisotopic (exact) mass is 666 g/mol. The third kappa shape index (κ3) is 6.33. The van der Waals surface area contributed by atoms with E-state index < -0.39 is 5.54 Å². The summed E-state index contributed by atoms with van der Waals surface area (Å²) in [5, 5.41) is 25.2. The lowest BCUT2D eigenvalue weighted by Crippen LogP contribution is -2.41. The van der Waals surface area contributed by atoms with Gasteiger partial charge in [0, 0.05) is 12.1 Å². The van der Waals surface area contributed by atoms with Crippen molar-refractivity contribution in [2.75, 3.05) is 6.61 Å². The molecule has 2 atom stereocenters. The molecule has 2 heterocycles. The largest absolute Gasteiger partial charge is 0.394 e. The van der Waals surface area contributed by atoms with Crippen LogP contribution in [0.2, 0.25) is 0 Å². The first-order valence-corrected chi connectivity index (χ1v) is 17.3. The number of benzene rings is 5. The van der Waals surface area contributed by atoms with Crippen LogP contribution < -0.4 is 0 Å². The van der Waals surface area contributed by atoms with Crippen LogP contribution in [-0.4, -0.2) is 54.2 Å². The first-order chi connectivity index (χ1) is 24.1. The van der Waals surface area contributed by atoms with E-state index in [1.54, 1.807) is 4.80 Å². The van der Waals surface area contributed by atoms with Gasteiger partial charge in [-0.3, -0.25) is 9.89 Å². The van der Waals surface area contributed by atoms with E-state index >= 15 is 0 Å². The quantitative estimate of drug-likeness (QED) is 0.133. The van der Waals surface area contributed by atoms with Crippen LogP contribution in [0.15, 0.2) is 145 Å². The van der Waals surface area contributed by atoms with Crippen LogP contribution in [-0.2, 0) is 12.1 Å². The van der Waals surface area contributed by atoms with Gasteiger partial charge in [0.15, 0.2) is 5.54 Å². The molecule has 1 aromatic heterocycles. The highest BCUT2D eigenvalue weighted by Crippen LogP contribution is 2.40. The first kappa shape index (κ1) is 32.6. The molecule has 6 aromatic rings. The van der Waals surface area contributed by atoms with Crippen LogP contribution in [0.25, 0.3) is 22.5 Å². The molecule has 0 spiro atoms. The lowest BCUT2D eigenvalue weighted by atomic mass is 9.77. The Kier molecular flexibility index (Phi) is 9.75. The topological polar surface area (TPSA) is 79.4 Å². The number of tetrazole rings is 1. The fourth-order valence-electron chi connectivity index (χ4n) is 6.94. The Hall–Kier alpha value is -4.95. The predicted molar refractivity (Wildman–Crippen MR) is 196 cm³/mol. The Bertz CT molecular complexity index is 1900. The number of aliphatic hydroxyl groups is 1. The highest BCUT2D eigenvalue weighted by molar-refractivity contribution is 6.67. The molecule has 8 heteroatoms. The molecule has 0 saturated heterocycles. The number of aliphatic imine (C=N–C) groups is 1. The molecular weight excluding hydrogens is 628 g/mol. The van der Waals surface area contributed by atoms with Crippen molar-refractivity contribution in [3.63, 3.8) is 0 Å². The number of rotatable bonds is 12. The van der Waals surface area contributed by atoms with Gasteiger partial charge in [0.25, 0.3) is 0 Å². The minimum atomic E-state index is -0.852. The van der Waals surface area contributed by atoms with E-state index in [1.165, 1.54) is 0 Å². The average molecular weight is 667 g/mol. The maximum absolute atomic E-state index is 10.1. The number of halogens is 1. The zero-order chi connectivity index (χ0) is 33.6. The summed E-state index contributed by atoms with van der Waals surface area (Å²) in [6.45, 7) is 2.77. The fourth-order valence-corrected chi connectivity index (χ4v) is 7.25. The van der Waals surface area contributed by atoms with Crippen molar-refractivity contribution in [1.29, 1.82) is 0 Å². The van der Waals surface area contributed by atoms with E-state index in [9.17, 15) is 5.11 Å². The van der Waals surface area contributed by atoms with Crippen molar-refractivity contribution in [1.82, 2.24) is 25.1 Å². The molecule has 1 N–H and O–H groups in total. The van der Waals surface area contributed by atoms with Gasteiger partial charge in [-0.2, -0.15) is 0 Å². The van der Waals surface area contributed by atoms with Gasteiger partial charge >= 0.3 is 0 Å². The Morgan fingerprint density at radius 2 is 1.27 bits per heavy atom. The summed E-state index contributed by atoms with van der Waals surface area (Å²) >= 11 is 6.46. The molecule has 0 amide bonds. The van der Waals surface area contributed by atoms with Gasteiger partial charge in [0.05, 0.1) is 12.6 Å². The van der Waals surface area contributed by atoms with Gasteiger partial charge in [-0.05, 0) is 45.0 Å². The fraction of sp³-hybridized carbons (Fsp3) is 0.220. The lowest BCUT2D eigenvalue weighted by Gasteiger charge is -2.34. The van der Waals surface area contributed by atoms with Crippen molar-refractivity contribution in [3.8, 4) is 22.5 Å². The van der Waals surface area contributed by atoms with E-state index in [0.29, 0.717) is 17.5 Å². The Labute approximate surface area is 292 Å². The molecule has 0 saturated carbocycles. The van der Waals surface area contributed by atoms with Crippen LogP contribution in [0.1, 0.15) is 48.4 Å². The highest BCUT2D eigenvalue weighted by atomic mass is 35.5. The third-order valence-corrected chi connectivity index (χ3v) is 9.76. The minimum Gasteiger partial charge on any atom is -0.394 e. The summed E-state index contributed by atoms with van der Waals surface area (Å²) in [5.74, 6) is 0.542. The SMILES string of the molecule is CCCCC1N=C(Cl)C(CO)N1Cc1ccc(-c2ccccc2-c2nnn(C(c3ccccc3)(c3ccccc3)c3ccccc3)n2)cc1. The maximum atomic E-state index is 10.1. The van der Waals surface area contributed by atoms with Crippen molar-refractivity contribution in [2.45, 2.75) is 50.5 Å². The van der Waals surface area contributed by atoms with Crippen LogP contribution in [0.4, 0.5) is 0 Å². The standard InChI is InChI=1S/C41H39ClN6O/c1-2-3-23-38-43-39(42)37(29-49)47(38)28-30-24-26-31(27-25-30)35-21-13-14-22-36(35)40-44-46-48(45-40)41(32-15-7-4-8-16-32,33-17-9-5-10-18-33)34-19-11-6-12-20-34/h4-22,24-27,37-38,49H,2-3,23,28-29H2,1H3. The molecular formula is C41H39ClN6O. The van der Waals surface area contributed by atoms with Crippen LogP contribution in [0.5, 0.6) is 0 Å². The zero-order valence-electron chi connectivity index (χ0n) is 27.5. The normalized spacial score (nSPS) is 16.5. The number of nitrogens with zero attached hydrogens (tertiary/aromatic N) is 6. The van der Waals surface area contributed by atoms with Crippen LogP contribution >= 0.6 is 11.6 Å². The molecule has 0 bridgehead atoms. The molecule has 0 fully saturated rings.